The molecule has 3 rings (SSSR count). The standard InChI is InChI=1S/C15H9BrClF3N4O2/c16-11-3-1-9(26-11)2-4-13(25)21-6-12-22-23-14-10(15(18,19)20)5-8(17)7-24(12)14/h1-5,7H,6H2,(H,21,25)/b4-2+. The summed E-state index contributed by atoms with van der Waals surface area (Å²) in [7, 11) is 0. The van der Waals surface area contributed by atoms with E-state index < -0.39 is 17.6 Å². The van der Waals surface area contributed by atoms with E-state index in [2.05, 4.69) is 31.4 Å². The predicted octanol–water partition coefficient (Wildman–Crippen LogP) is 4.09. The average Bonchev–Trinajstić information content (AvgIpc) is 3.15. The molecule has 1 N–H and O–H groups in total. The molecular weight excluding hydrogens is 441 g/mol. The molecule has 0 spiro atoms. The number of nitrogens with zero attached hydrogens (tertiary/aromatic N) is 3. The van der Waals surface area contributed by atoms with Gasteiger partial charge in [-0.1, -0.05) is 11.6 Å². The summed E-state index contributed by atoms with van der Waals surface area (Å²) < 4.78 is 46.0. The number of alkyl halides is 3. The molecule has 0 aromatic carbocycles. The summed E-state index contributed by atoms with van der Waals surface area (Å²) in [6.45, 7) is -0.135. The van der Waals surface area contributed by atoms with E-state index >= 15 is 0 Å². The largest absolute Gasteiger partial charge is 0.450 e. The Kier molecular flexibility index (Phi) is 5.05. The molecule has 136 valence electrons. The van der Waals surface area contributed by atoms with Crippen molar-refractivity contribution in [3.63, 3.8) is 0 Å². The topological polar surface area (TPSA) is 72.4 Å². The average molecular weight is 450 g/mol. The monoisotopic (exact) mass is 448 g/mol. The summed E-state index contributed by atoms with van der Waals surface area (Å²) in [5.41, 5.74) is -1.39. The van der Waals surface area contributed by atoms with Crippen LogP contribution in [0.4, 0.5) is 13.2 Å². The Morgan fingerprint density at radius 2 is 2.15 bits per heavy atom. The lowest BCUT2D eigenvalue weighted by Gasteiger charge is -2.09. The number of carbonyl (C=O) groups is 1. The van der Waals surface area contributed by atoms with Crippen LogP contribution in [0.5, 0.6) is 0 Å². The number of hydrogen-bond donors (Lipinski definition) is 1. The van der Waals surface area contributed by atoms with Gasteiger partial charge in [-0.05, 0) is 40.2 Å². The number of pyridine rings is 1. The molecule has 0 saturated heterocycles. The predicted molar refractivity (Wildman–Crippen MR) is 90.3 cm³/mol. The molecule has 3 aromatic heterocycles. The molecule has 3 heterocycles. The molecule has 3 aromatic rings. The van der Waals surface area contributed by atoms with Crippen molar-refractivity contribution < 1.29 is 22.4 Å². The van der Waals surface area contributed by atoms with Crippen LogP contribution in [0.25, 0.3) is 11.7 Å². The summed E-state index contributed by atoms with van der Waals surface area (Å²) in [6, 6.07) is 4.10. The van der Waals surface area contributed by atoms with Crippen LogP contribution in [-0.2, 0) is 17.5 Å². The summed E-state index contributed by atoms with van der Waals surface area (Å²) >= 11 is 8.89. The summed E-state index contributed by atoms with van der Waals surface area (Å²) in [5.74, 6) is 0.0874. The number of hydrogen-bond acceptors (Lipinski definition) is 4. The lowest BCUT2D eigenvalue weighted by atomic mass is 10.2. The number of halogens is 5. The zero-order chi connectivity index (χ0) is 18.9. The minimum Gasteiger partial charge on any atom is -0.450 e. The van der Waals surface area contributed by atoms with E-state index in [1.807, 2.05) is 0 Å². The van der Waals surface area contributed by atoms with Gasteiger partial charge in [-0.2, -0.15) is 13.2 Å². The number of rotatable bonds is 4. The van der Waals surface area contributed by atoms with Gasteiger partial charge in [-0.3, -0.25) is 9.20 Å². The molecule has 0 radical (unpaired) electrons. The molecule has 0 atom stereocenters. The van der Waals surface area contributed by atoms with Crippen molar-refractivity contribution in [2.75, 3.05) is 0 Å². The molecule has 0 saturated carbocycles. The molecule has 1 amide bonds. The van der Waals surface area contributed by atoms with Crippen molar-refractivity contribution in [2.24, 2.45) is 0 Å². The highest BCUT2D eigenvalue weighted by Crippen LogP contribution is 2.33. The van der Waals surface area contributed by atoms with Crippen molar-refractivity contribution in [1.82, 2.24) is 19.9 Å². The Labute approximate surface area is 157 Å². The first-order valence-corrected chi connectivity index (χ1v) is 8.23. The quantitative estimate of drug-likeness (QED) is 0.609. The van der Waals surface area contributed by atoms with Gasteiger partial charge in [-0.25, -0.2) is 0 Å². The van der Waals surface area contributed by atoms with Crippen LogP contribution in [0.2, 0.25) is 5.02 Å². The highest BCUT2D eigenvalue weighted by molar-refractivity contribution is 9.10. The summed E-state index contributed by atoms with van der Waals surface area (Å²) in [5, 5.41) is 9.62. The molecule has 11 heteroatoms. The first-order valence-electron chi connectivity index (χ1n) is 7.05. The minimum atomic E-state index is -4.63. The van der Waals surface area contributed by atoms with E-state index in [1.165, 1.54) is 18.3 Å². The summed E-state index contributed by atoms with van der Waals surface area (Å²) in [6.07, 6.45) is -0.702. The Bertz CT molecular complexity index is 997. The van der Waals surface area contributed by atoms with Crippen LogP contribution in [-0.4, -0.2) is 20.5 Å². The normalized spacial score (nSPS) is 12.2. The van der Waals surface area contributed by atoms with Crippen molar-refractivity contribution >= 4 is 45.2 Å². The van der Waals surface area contributed by atoms with E-state index in [4.69, 9.17) is 16.0 Å². The minimum absolute atomic E-state index is 0.107. The highest BCUT2D eigenvalue weighted by Gasteiger charge is 2.35. The van der Waals surface area contributed by atoms with Gasteiger partial charge >= 0.3 is 6.18 Å². The van der Waals surface area contributed by atoms with Crippen molar-refractivity contribution in [3.05, 3.63) is 57.3 Å². The Hall–Kier alpha value is -2.33. The van der Waals surface area contributed by atoms with Gasteiger partial charge in [0.1, 0.15) is 11.3 Å². The third-order valence-corrected chi connectivity index (χ3v) is 3.89. The van der Waals surface area contributed by atoms with Gasteiger partial charge in [0.05, 0.1) is 11.6 Å². The third kappa shape index (κ3) is 4.07. The van der Waals surface area contributed by atoms with E-state index in [0.29, 0.717) is 10.4 Å². The summed E-state index contributed by atoms with van der Waals surface area (Å²) in [4.78, 5) is 11.8. The molecule has 0 aliphatic heterocycles. The SMILES string of the molecule is O=C(/C=C/c1ccc(Br)o1)NCc1nnc2c(C(F)(F)F)cc(Cl)cn12. The maximum Gasteiger partial charge on any atom is 0.420 e. The van der Waals surface area contributed by atoms with Gasteiger partial charge in [0.15, 0.2) is 16.1 Å². The van der Waals surface area contributed by atoms with E-state index in [0.717, 1.165) is 10.5 Å². The smallest absolute Gasteiger partial charge is 0.420 e. The maximum atomic E-state index is 13.1. The molecule has 6 nitrogen and oxygen atoms in total. The van der Waals surface area contributed by atoms with Crippen molar-refractivity contribution in [1.29, 1.82) is 0 Å². The second-order valence-electron chi connectivity index (χ2n) is 5.07. The third-order valence-electron chi connectivity index (χ3n) is 3.26. The first kappa shape index (κ1) is 18.5. The first-order chi connectivity index (χ1) is 12.2. The van der Waals surface area contributed by atoms with Crippen LogP contribution in [0.1, 0.15) is 17.1 Å². The second kappa shape index (κ2) is 7.12. The molecule has 0 fully saturated rings. The van der Waals surface area contributed by atoms with Gasteiger partial charge in [0.2, 0.25) is 5.91 Å². The van der Waals surface area contributed by atoms with Gasteiger partial charge in [-0.15, -0.1) is 10.2 Å². The Morgan fingerprint density at radius 3 is 2.81 bits per heavy atom. The molecule has 0 aliphatic rings. The van der Waals surface area contributed by atoms with Crippen LogP contribution < -0.4 is 5.32 Å². The lowest BCUT2D eigenvalue weighted by molar-refractivity contribution is -0.136. The number of fused-ring (bicyclic) bond motifs is 1. The number of furan rings is 1. The van der Waals surface area contributed by atoms with E-state index in [9.17, 15) is 18.0 Å². The zero-order valence-corrected chi connectivity index (χ0v) is 15.1. The van der Waals surface area contributed by atoms with Crippen molar-refractivity contribution in [2.45, 2.75) is 12.7 Å². The van der Waals surface area contributed by atoms with E-state index in [1.54, 1.807) is 12.1 Å². The maximum absolute atomic E-state index is 13.1. The highest BCUT2D eigenvalue weighted by atomic mass is 79.9. The molecule has 0 bridgehead atoms. The van der Waals surface area contributed by atoms with Crippen LogP contribution in [0, 0.1) is 0 Å². The lowest BCUT2D eigenvalue weighted by Crippen LogP contribution is -2.21. The number of amides is 1. The molecule has 26 heavy (non-hydrogen) atoms. The number of nitrogens with one attached hydrogen (secondary N) is 1. The Morgan fingerprint density at radius 1 is 1.38 bits per heavy atom. The van der Waals surface area contributed by atoms with Gasteiger partial charge in [0.25, 0.3) is 0 Å². The fraction of sp³-hybridized carbons (Fsp3) is 0.133. The van der Waals surface area contributed by atoms with Crippen molar-refractivity contribution in [3.8, 4) is 0 Å². The van der Waals surface area contributed by atoms with E-state index in [-0.39, 0.29) is 23.0 Å². The number of carbonyl (C=O) groups excluding carboxylic acids is 1. The Balaban J connectivity index is 1.76. The van der Waals surface area contributed by atoms with Gasteiger partial charge < -0.3 is 9.73 Å². The van der Waals surface area contributed by atoms with Crippen LogP contribution >= 0.6 is 27.5 Å². The second-order valence-corrected chi connectivity index (χ2v) is 6.29. The fourth-order valence-corrected chi connectivity index (χ4v) is 2.66. The molecular formula is C15H9BrClF3N4O2. The van der Waals surface area contributed by atoms with Crippen LogP contribution in [0.3, 0.4) is 0 Å². The van der Waals surface area contributed by atoms with Gasteiger partial charge in [0, 0.05) is 12.3 Å². The fourth-order valence-electron chi connectivity index (χ4n) is 2.14. The molecule has 0 aliphatic carbocycles. The zero-order valence-electron chi connectivity index (χ0n) is 12.7. The van der Waals surface area contributed by atoms with Crippen LogP contribution in [0.15, 0.2) is 39.6 Å². The molecule has 0 unspecified atom stereocenters. The number of aromatic nitrogens is 3.